The zero-order valence-electron chi connectivity index (χ0n) is 10.6. The first-order chi connectivity index (χ1) is 8.72. The molecule has 1 aliphatic heterocycles. The molecule has 0 amide bonds. The maximum Gasteiger partial charge on any atom is 0.170 e. The fourth-order valence-corrected chi connectivity index (χ4v) is 2.31. The van der Waals surface area contributed by atoms with Gasteiger partial charge < -0.3 is 14.6 Å². The minimum absolute atomic E-state index is 0.0272. The average molecular weight is 254 g/mol. The van der Waals surface area contributed by atoms with E-state index in [4.69, 9.17) is 9.47 Å². The third-order valence-electron chi connectivity index (χ3n) is 3.33. The second-order valence-electron chi connectivity index (χ2n) is 4.60. The van der Waals surface area contributed by atoms with Crippen LogP contribution in [0.2, 0.25) is 0 Å². The van der Waals surface area contributed by atoms with Gasteiger partial charge in [-0.25, -0.2) is 4.39 Å². The molecule has 1 aromatic rings. The largest absolute Gasteiger partial charge is 0.494 e. The minimum Gasteiger partial charge on any atom is -0.494 e. The summed E-state index contributed by atoms with van der Waals surface area (Å²) in [6.45, 7) is 0.734. The first-order valence-electron chi connectivity index (χ1n) is 6.34. The van der Waals surface area contributed by atoms with Gasteiger partial charge in [-0.05, 0) is 25.3 Å². The van der Waals surface area contributed by atoms with Crippen LogP contribution in [0.1, 0.15) is 37.4 Å². The van der Waals surface area contributed by atoms with Gasteiger partial charge in [0.2, 0.25) is 0 Å². The monoisotopic (exact) mass is 254 g/mol. The third-order valence-corrected chi connectivity index (χ3v) is 3.33. The lowest BCUT2D eigenvalue weighted by Crippen LogP contribution is -2.22. The van der Waals surface area contributed by atoms with Gasteiger partial charge in [0.15, 0.2) is 11.6 Å². The van der Waals surface area contributed by atoms with Crippen molar-refractivity contribution in [2.75, 3.05) is 13.7 Å². The zero-order chi connectivity index (χ0) is 13.0. The Bertz CT molecular complexity index is 389. The van der Waals surface area contributed by atoms with Crippen molar-refractivity contribution in [2.45, 2.75) is 37.9 Å². The molecular weight excluding hydrogens is 235 g/mol. The molecule has 0 spiro atoms. The fraction of sp³-hybridized carbons (Fsp3) is 0.571. The van der Waals surface area contributed by atoms with E-state index in [1.807, 2.05) is 0 Å². The predicted molar refractivity (Wildman–Crippen MR) is 66.1 cm³/mol. The molecule has 18 heavy (non-hydrogen) atoms. The summed E-state index contributed by atoms with van der Waals surface area (Å²) in [5.74, 6) is -0.320. The van der Waals surface area contributed by atoms with Gasteiger partial charge in [-0.2, -0.15) is 0 Å². The Balaban J connectivity index is 2.05. The summed E-state index contributed by atoms with van der Waals surface area (Å²) < 4.78 is 24.4. The van der Waals surface area contributed by atoms with Gasteiger partial charge in [0.1, 0.15) is 0 Å². The second kappa shape index (κ2) is 6.16. The molecule has 100 valence electrons. The molecule has 3 nitrogen and oxygen atoms in total. The molecule has 2 atom stereocenters. The molecule has 0 aliphatic carbocycles. The highest BCUT2D eigenvalue weighted by Crippen LogP contribution is 2.29. The van der Waals surface area contributed by atoms with Crippen LogP contribution in [0.4, 0.5) is 4.39 Å². The average Bonchev–Trinajstić information content (AvgIpc) is 2.40. The molecule has 2 rings (SSSR count). The van der Waals surface area contributed by atoms with Gasteiger partial charge in [0, 0.05) is 18.6 Å². The summed E-state index contributed by atoms with van der Waals surface area (Å²) in [5, 5.41) is 10.1. The van der Waals surface area contributed by atoms with Crippen LogP contribution in [0.5, 0.6) is 5.75 Å². The van der Waals surface area contributed by atoms with Crippen molar-refractivity contribution in [1.82, 2.24) is 0 Å². The molecule has 4 heteroatoms. The Morgan fingerprint density at radius 1 is 1.50 bits per heavy atom. The Morgan fingerprint density at radius 2 is 2.33 bits per heavy atom. The van der Waals surface area contributed by atoms with Crippen LogP contribution in [-0.4, -0.2) is 24.9 Å². The van der Waals surface area contributed by atoms with Crippen molar-refractivity contribution in [3.8, 4) is 5.75 Å². The number of hydrogen-bond donors (Lipinski definition) is 1. The number of aliphatic hydroxyl groups is 1. The SMILES string of the molecule is COc1cccc(C(O)CC2CCCCO2)c1F. The Kier molecular flexibility index (Phi) is 4.55. The van der Waals surface area contributed by atoms with Gasteiger partial charge in [0.25, 0.3) is 0 Å². The molecule has 1 fully saturated rings. The van der Waals surface area contributed by atoms with Crippen LogP contribution in [0, 0.1) is 5.82 Å². The van der Waals surface area contributed by atoms with Crippen LogP contribution < -0.4 is 4.74 Å². The lowest BCUT2D eigenvalue weighted by Gasteiger charge is -2.25. The Labute approximate surface area is 107 Å². The number of rotatable bonds is 4. The van der Waals surface area contributed by atoms with Crippen LogP contribution in [-0.2, 0) is 4.74 Å². The maximum absolute atomic E-state index is 14.0. The van der Waals surface area contributed by atoms with Gasteiger partial charge in [-0.15, -0.1) is 0 Å². The maximum atomic E-state index is 14.0. The highest BCUT2D eigenvalue weighted by atomic mass is 19.1. The lowest BCUT2D eigenvalue weighted by atomic mass is 9.98. The van der Waals surface area contributed by atoms with Crippen molar-refractivity contribution in [2.24, 2.45) is 0 Å². The van der Waals surface area contributed by atoms with E-state index in [2.05, 4.69) is 0 Å². The molecule has 2 unspecified atom stereocenters. The predicted octanol–water partition coefficient (Wildman–Crippen LogP) is 2.83. The van der Waals surface area contributed by atoms with E-state index in [-0.39, 0.29) is 17.4 Å². The summed E-state index contributed by atoms with van der Waals surface area (Å²) in [4.78, 5) is 0. The van der Waals surface area contributed by atoms with Crippen LogP contribution in [0.15, 0.2) is 18.2 Å². The van der Waals surface area contributed by atoms with E-state index in [0.717, 1.165) is 25.9 Å². The van der Waals surface area contributed by atoms with Crippen molar-refractivity contribution >= 4 is 0 Å². The smallest absolute Gasteiger partial charge is 0.170 e. The molecule has 0 bridgehead atoms. The van der Waals surface area contributed by atoms with Gasteiger partial charge in [-0.3, -0.25) is 0 Å². The van der Waals surface area contributed by atoms with Crippen LogP contribution in [0.25, 0.3) is 0 Å². The van der Waals surface area contributed by atoms with Crippen molar-refractivity contribution in [3.05, 3.63) is 29.6 Å². The van der Waals surface area contributed by atoms with E-state index >= 15 is 0 Å². The fourth-order valence-electron chi connectivity index (χ4n) is 2.31. The Hall–Kier alpha value is -1.13. The highest BCUT2D eigenvalue weighted by molar-refractivity contribution is 5.32. The molecule has 0 saturated carbocycles. The standard InChI is InChI=1S/C14H19FO3/c1-17-13-7-4-6-11(14(13)15)12(16)9-10-5-2-3-8-18-10/h4,6-7,10,12,16H,2-3,5,8-9H2,1H3. The van der Waals surface area contributed by atoms with Crippen LogP contribution >= 0.6 is 0 Å². The molecule has 0 radical (unpaired) electrons. The van der Waals surface area contributed by atoms with E-state index in [9.17, 15) is 9.50 Å². The molecule has 1 heterocycles. The van der Waals surface area contributed by atoms with Crippen molar-refractivity contribution in [1.29, 1.82) is 0 Å². The summed E-state index contributed by atoms with van der Waals surface area (Å²) in [6.07, 6.45) is 2.73. The zero-order valence-corrected chi connectivity index (χ0v) is 10.6. The van der Waals surface area contributed by atoms with Gasteiger partial charge in [0.05, 0.1) is 19.3 Å². The molecule has 0 aromatic heterocycles. The molecule has 1 N–H and O–H groups in total. The van der Waals surface area contributed by atoms with E-state index in [1.54, 1.807) is 18.2 Å². The third kappa shape index (κ3) is 3.00. The second-order valence-corrected chi connectivity index (χ2v) is 4.60. The highest BCUT2D eigenvalue weighted by Gasteiger charge is 2.22. The topological polar surface area (TPSA) is 38.7 Å². The molecule has 1 aliphatic rings. The number of halogens is 1. The number of hydrogen-bond acceptors (Lipinski definition) is 3. The summed E-state index contributed by atoms with van der Waals surface area (Å²) in [5.41, 5.74) is 0.281. The van der Waals surface area contributed by atoms with Gasteiger partial charge >= 0.3 is 0 Å². The first-order valence-corrected chi connectivity index (χ1v) is 6.34. The van der Waals surface area contributed by atoms with Gasteiger partial charge in [-0.1, -0.05) is 12.1 Å². The molecule has 1 saturated heterocycles. The number of ether oxygens (including phenoxy) is 2. The normalized spacial score (nSPS) is 21.6. The Morgan fingerprint density at radius 3 is 3.00 bits per heavy atom. The minimum atomic E-state index is -0.844. The van der Waals surface area contributed by atoms with E-state index < -0.39 is 11.9 Å². The van der Waals surface area contributed by atoms with E-state index in [1.165, 1.54) is 7.11 Å². The first kappa shape index (κ1) is 13.3. The lowest BCUT2D eigenvalue weighted by molar-refractivity contribution is -0.0161. The number of benzene rings is 1. The van der Waals surface area contributed by atoms with E-state index in [0.29, 0.717) is 6.42 Å². The summed E-state index contributed by atoms with van der Waals surface area (Å²) >= 11 is 0. The molecular formula is C14H19FO3. The molecule has 1 aromatic carbocycles. The van der Waals surface area contributed by atoms with Crippen molar-refractivity contribution in [3.63, 3.8) is 0 Å². The quantitative estimate of drug-likeness (QED) is 0.898. The number of methoxy groups -OCH3 is 1. The summed E-state index contributed by atoms with van der Waals surface area (Å²) in [6, 6.07) is 4.82. The summed E-state index contributed by atoms with van der Waals surface area (Å²) in [7, 11) is 1.42. The van der Waals surface area contributed by atoms with Crippen molar-refractivity contribution < 1.29 is 19.0 Å². The number of aliphatic hydroxyl groups excluding tert-OH is 1. The van der Waals surface area contributed by atoms with Crippen LogP contribution in [0.3, 0.4) is 0 Å².